The number of amides is 1. The first-order valence-electron chi connectivity index (χ1n) is 6.75. The van der Waals surface area contributed by atoms with Crippen LogP contribution < -0.4 is 5.73 Å². The average molecular weight is 313 g/mol. The van der Waals surface area contributed by atoms with Gasteiger partial charge in [-0.25, -0.2) is 4.79 Å². The van der Waals surface area contributed by atoms with Crippen LogP contribution in [0.4, 0.5) is 5.69 Å². The van der Waals surface area contributed by atoms with Crippen molar-refractivity contribution < 1.29 is 19.8 Å². The van der Waals surface area contributed by atoms with Crippen molar-refractivity contribution in [1.29, 1.82) is 0 Å². The maximum Gasteiger partial charge on any atom is 0.335 e. The van der Waals surface area contributed by atoms with Crippen molar-refractivity contribution in [2.24, 2.45) is 16.0 Å². The molecule has 7 heteroatoms. The molecule has 0 fully saturated rings. The molecule has 0 heterocycles. The molecule has 23 heavy (non-hydrogen) atoms. The third kappa shape index (κ3) is 3.91. The van der Waals surface area contributed by atoms with Gasteiger partial charge in [-0.1, -0.05) is 6.07 Å². The van der Waals surface area contributed by atoms with Crippen LogP contribution in [0.2, 0.25) is 0 Å². The fraction of sp³-hybridized carbons (Fsp3) is 0.125. The molecular weight excluding hydrogens is 298 g/mol. The predicted octanol–water partition coefficient (Wildman–Crippen LogP) is 3.03. The van der Waals surface area contributed by atoms with Crippen LogP contribution >= 0.6 is 0 Å². The SMILES string of the molecule is CC(N=Nc1ccc(C(=O)O)cc1)c1ccc(O)c(C(N)=O)c1. The molecule has 1 unspecified atom stereocenters. The van der Waals surface area contributed by atoms with Crippen molar-refractivity contribution in [1.82, 2.24) is 0 Å². The normalized spacial score (nSPS) is 12.2. The highest BCUT2D eigenvalue weighted by Crippen LogP contribution is 2.25. The lowest BCUT2D eigenvalue weighted by molar-refractivity contribution is 0.0696. The monoisotopic (exact) mass is 313 g/mol. The number of hydrogen-bond donors (Lipinski definition) is 3. The molecule has 0 radical (unpaired) electrons. The number of carboxylic acid groups (broad SMARTS) is 1. The van der Waals surface area contributed by atoms with Gasteiger partial charge in [0.25, 0.3) is 5.91 Å². The van der Waals surface area contributed by atoms with E-state index in [1.807, 2.05) is 0 Å². The fourth-order valence-corrected chi connectivity index (χ4v) is 1.90. The Balaban J connectivity index is 2.18. The van der Waals surface area contributed by atoms with Gasteiger partial charge in [-0.05, 0) is 48.9 Å². The number of carbonyl (C=O) groups excluding carboxylic acids is 1. The second-order valence-electron chi connectivity index (χ2n) is 4.88. The summed E-state index contributed by atoms with van der Waals surface area (Å²) in [4.78, 5) is 22.0. The molecule has 1 atom stereocenters. The van der Waals surface area contributed by atoms with Crippen LogP contribution in [0.25, 0.3) is 0 Å². The number of nitrogens with two attached hydrogens (primary N) is 1. The zero-order valence-electron chi connectivity index (χ0n) is 12.3. The van der Waals surface area contributed by atoms with Crippen LogP contribution in [0.1, 0.15) is 39.2 Å². The molecule has 7 nitrogen and oxygen atoms in total. The maximum absolute atomic E-state index is 11.2. The van der Waals surface area contributed by atoms with Gasteiger partial charge < -0.3 is 15.9 Å². The van der Waals surface area contributed by atoms with E-state index < -0.39 is 11.9 Å². The van der Waals surface area contributed by atoms with E-state index >= 15 is 0 Å². The summed E-state index contributed by atoms with van der Waals surface area (Å²) in [6.07, 6.45) is 0. The van der Waals surface area contributed by atoms with E-state index in [4.69, 9.17) is 10.8 Å². The number of rotatable bonds is 5. The maximum atomic E-state index is 11.2. The Bertz CT molecular complexity index is 769. The quantitative estimate of drug-likeness (QED) is 0.733. The summed E-state index contributed by atoms with van der Waals surface area (Å²) in [6.45, 7) is 1.77. The molecule has 0 aliphatic heterocycles. The van der Waals surface area contributed by atoms with Crippen molar-refractivity contribution >= 4 is 17.6 Å². The predicted molar refractivity (Wildman–Crippen MR) is 83.0 cm³/mol. The Morgan fingerprint density at radius 1 is 1.13 bits per heavy atom. The number of nitrogens with zero attached hydrogens (tertiary/aromatic N) is 2. The molecule has 0 aromatic heterocycles. The van der Waals surface area contributed by atoms with E-state index in [-0.39, 0.29) is 22.9 Å². The van der Waals surface area contributed by atoms with Crippen LogP contribution in [0.15, 0.2) is 52.7 Å². The Labute approximate surface area is 132 Å². The molecule has 2 aromatic carbocycles. The molecule has 2 aromatic rings. The minimum absolute atomic E-state index is 0.0235. The minimum atomic E-state index is -1.01. The van der Waals surface area contributed by atoms with Gasteiger partial charge in [0, 0.05) is 0 Å². The van der Waals surface area contributed by atoms with Crippen molar-refractivity contribution in [3.8, 4) is 5.75 Å². The zero-order chi connectivity index (χ0) is 17.0. The summed E-state index contributed by atoms with van der Waals surface area (Å²) in [7, 11) is 0. The van der Waals surface area contributed by atoms with Crippen LogP contribution in [0.3, 0.4) is 0 Å². The summed E-state index contributed by atoms with van der Waals surface area (Å²) in [6, 6.07) is 10.1. The largest absolute Gasteiger partial charge is 0.507 e. The summed E-state index contributed by atoms with van der Waals surface area (Å²) < 4.78 is 0. The van der Waals surface area contributed by atoms with Crippen molar-refractivity contribution in [2.75, 3.05) is 0 Å². The molecule has 0 bridgehead atoms. The molecule has 0 saturated heterocycles. The van der Waals surface area contributed by atoms with Crippen LogP contribution in [0, 0.1) is 0 Å². The van der Waals surface area contributed by atoms with E-state index in [0.717, 1.165) is 0 Å². The third-order valence-electron chi connectivity index (χ3n) is 3.23. The highest BCUT2D eigenvalue weighted by Gasteiger charge is 2.11. The number of azo groups is 1. The van der Waals surface area contributed by atoms with E-state index in [1.165, 1.54) is 24.3 Å². The summed E-state index contributed by atoms with van der Waals surface area (Å²) in [5, 5.41) is 26.5. The molecular formula is C16H15N3O4. The van der Waals surface area contributed by atoms with Crippen LogP contribution in [-0.4, -0.2) is 22.1 Å². The topological polar surface area (TPSA) is 125 Å². The first-order chi connectivity index (χ1) is 10.9. The molecule has 1 amide bonds. The lowest BCUT2D eigenvalue weighted by Gasteiger charge is -2.08. The number of aromatic hydroxyl groups is 1. The van der Waals surface area contributed by atoms with Crippen LogP contribution in [0.5, 0.6) is 5.75 Å². The zero-order valence-corrected chi connectivity index (χ0v) is 12.3. The minimum Gasteiger partial charge on any atom is -0.507 e. The van der Waals surface area contributed by atoms with Crippen molar-refractivity contribution in [3.63, 3.8) is 0 Å². The summed E-state index contributed by atoms with van der Waals surface area (Å²) in [5.74, 6) is -1.92. The lowest BCUT2D eigenvalue weighted by Crippen LogP contribution is -2.11. The number of benzene rings is 2. The van der Waals surface area contributed by atoms with Gasteiger partial charge >= 0.3 is 5.97 Å². The second-order valence-corrected chi connectivity index (χ2v) is 4.88. The van der Waals surface area contributed by atoms with E-state index in [2.05, 4.69) is 10.2 Å². The van der Waals surface area contributed by atoms with Crippen molar-refractivity contribution in [2.45, 2.75) is 13.0 Å². The number of primary amides is 1. The highest BCUT2D eigenvalue weighted by molar-refractivity contribution is 5.95. The van der Waals surface area contributed by atoms with Gasteiger partial charge in [0.1, 0.15) is 5.75 Å². The van der Waals surface area contributed by atoms with E-state index in [1.54, 1.807) is 25.1 Å². The molecule has 0 saturated carbocycles. The van der Waals surface area contributed by atoms with E-state index in [0.29, 0.717) is 11.3 Å². The number of aromatic carboxylic acids is 1. The fourth-order valence-electron chi connectivity index (χ4n) is 1.90. The Morgan fingerprint density at radius 2 is 1.78 bits per heavy atom. The highest BCUT2D eigenvalue weighted by atomic mass is 16.4. The van der Waals surface area contributed by atoms with Crippen LogP contribution in [-0.2, 0) is 0 Å². The van der Waals surface area contributed by atoms with E-state index in [9.17, 15) is 14.7 Å². The Hall–Kier alpha value is -3.22. The molecule has 118 valence electrons. The second kappa shape index (κ2) is 6.69. The molecule has 0 aliphatic carbocycles. The van der Waals surface area contributed by atoms with Crippen molar-refractivity contribution in [3.05, 3.63) is 59.2 Å². The van der Waals surface area contributed by atoms with Gasteiger partial charge in [0.05, 0.1) is 22.9 Å². The Kier molecular flexibility index (Phi) is 4.70. The molecule has 0 aliphatic rings. The number of hydrogen-bond acceptors (Lipinski definition) is 5. The summed E-state index contributed by atoms with van der Waals surface area (Å²) in [5.41, 5.74) is 6.56. The van der Waals surface area contributed by atoms with Gasteiger partial charge in [0.2, 0.25) is 0 Å². The standard InChI is InChI=1S/C16H15N3O4/c1-9(11-4-7-14(20)13(8-11)15(17)21)18-19-12-5-2-10(3-6-12)16(22)23/h2-9,20H,1H3,(H2,17,21)(H,22,23). The van der Waals surface area contributed by atoms with Gasteiger partial charge in [-0.3, -0.25) is 4.79 Å². The molecule has 4 N–H and O–H groups in total. The number of phenols is 1. The molecule has 0 spiro atoms. The number of carbonyl (C=O) groups is 2. The number of carboxylic acids is 1. The van der Waals surface area contributed by atoms with Gasteiger partial charge in [-0.2, -0.15) is 10.2 Å². The third-order valence-corrected chi connectivity index (χ3v) is 3.23. The summed E-state index contributed by atoms with van der Waals surface area (Å²) >= 11 is 0. The molecule has 2 rings (SSSR count). The van der Waals surface area contributed by atoms with Gasteiger partial charge in [-0.15, -0.1) is 0 Å². The lowest BCUT2D eigenvalue weighted by atomic mass is 10.0. The smallest absolute Gasteiger partial charge is 0.335 e. The first kappa shape index (κ1) is 16.2. The van der Waals surface area contributed by atoms with Gasteiger partial charge in [0.15, 0.2) is 0 Å². The average Bonchev–Trinajstić information content (AvgIpc) is 2.53. The first-order valence-corrected chi connectivity index (χ1v) is 6.75. The Morgan fingerprint density at radius 3 is 2.35 bits per heavy atom.